The van der Waals surface area contributed by atoms with Crippen molar-refractivity contribution < 1.29 is 0 Å². The van der Waals surface area contributed by atoms with Crippen LogP contribution in [0.15, 0.2) is 212 Å². The Balaban J connectivity index is 1.37. The van der Waals surface area contributed by atoms with E-state index >= 15 is 0 Å². The van der Waals surface area contributed by atoms with E-state index in [-0.39, 0.29) is 0 Å². The molecule has 9 rings (SSSR count). The minimum absolute atomic E-state index is 0.498. The molecule has 54 heavy (non-hydrogen) atoms. The van der Waals surface area contributed by atoms with Crippen molar-refractivity contribution in [2.75, 3.05) is 4.90 Å². The molecule has 0 unspecified atom stereocenters. The summed E-state index contributed by atoms with van der Waals surface area (Å²) in [6.45, 7) is 4.28. The van der Waals surface area contributed by atoms with Crippen molar-refractivity contribution in [1.29, 1.82) is 0 Å². The predicted molar refractivity (Wildman–Crippen MR) is 229 cm³/mol. The summed E-state index contributed by atoms with van der Waals surface area (Å²) in [4.78, 5) is 2.49. The molecule has 0 spiro atoms. The lowest BCUT2D eigenvalue weighted by atomic mass is 9.68. The van der Waals surface area contributed by atoms with Crippen LogP contribution in [-0.2, 0) is 5.41 Å². The Hall–Kier alpha value is -6.70. The Bertz CT molecular complexity index is 2550. The number of nitrogens with zero attached hydrogens (tertiary/aromatic N) is 1. The summed E-state index contributed by atoms with van der Waals surface area (Å²) >= 11 is 0. The molecule has 0 bridgehead atoms. The van der Waals surface area contributed by atoms with Crippen LogP contribution in [0.2, 0.25) is 0 Å². The third kappa shape index (κ3) is 5.49. The predicted octanol–water partition coefficient (Wildman–Crippen LogP) is 14.3. The lowest BCUT2D eigenvalue weighted by molar-refractivity contribution is 0.768. The van der Waals surface area contributed by atoms with Crippen LogP contribution < -0.4 is 4.90 Å². The third-order valence-corrected chi connectivity index (χ3v) is 11.1. The van der Waals surface area contributed by atoms with Crippen molar-refractivity contribution in [2.24, 2.45) is 0 Å². The fourth-order valence-electron chi connectivity index (χ4n) is 8.50. The maximum Gasteiger partial charge on any atom is 0.0714 e. The molecule has 0 aromatic heterocycles. The van der Waals surface area contributed by atoms with E-state index < -0.39 is 5.41 Å². The summed E-state index contributed by atoms with van der Waals surface area (Å²) in [6, 6.07) is 75.6. The van der Waals surface area contributed by atoms with Gasteiger partial charge in [-0.15, -0.1) is 0 Å². The molecule has 0 N–H and O–H groups in total. The zero-order valence-corrected chi connectivity index (χ0v) is 30.7. The molecule has 0 heterocycles. The topological polar surface area (TPSA) is 3.24 Å². The Morgan fingerprint density at radius 2 is 1.00 bits per heavy atom. The van der Waals surface area contributed by atoms with E-state index in [1.165, 1.54) is 66.8 Å². The summed E-state index contributed by atoms with van der Waals surface area (Å²) in [5.41, 5.74) is 17.7. The SMILES string of the molecule is CC=C(C)c1ccc(N(c2ccc(-c3ccccc3)cc2-c2ccccc2)c2cccc3c2-c2ccccc2C3(c2ccccc2)c2ccccc2)cc1. The van der Waals surface area contributed by atoms with Crippen LogP contribution in [-0.4, -0.2) is 0 Å². The molecule has 8 aromatic carbocycles. The smallest absolute Gasteiger partial charge is 0.0714 e. The van der Waals surface area contributed by atoms with Crippen molar-refractivity contribution in [3.63, 3.8) is 0 Å². The summed E-state index contributed by atoms with van der Waals surface area (Å²) in [7, 11) is 0. The number of benzene rings is 8. The molecule has 258 valence electrons. The average Bonchev–Trinajstić information content (AvgIpc) is 3.57. The summed E-state index contributed by atoms with van der Waals surface area (Å²) in [6.07, 6.45) is 2.18. The molecular weight excluding hydrogens is 651 g/mol. The fraction of sp³-hybridized carbons (Fsp3) is 0.0566. The maximum absolute atomic E-state index is 2.49. The van der Waals surface area contributed by atoms with Crippen LogP contribution in [0.3, 0.4) is 0 Å². The van der Waals surface area contributed by atoms with Crippen molar-refractivity contribution in [2.45, 2.75) is 19.3 Å². The number of hydrogen-bond donors (Lipinski definition) is 0. The number of fused-ring (bicyclic) bond motifs is 3. The molecule has 0 amide bonds. The van der Waals surface area contributed by atoms with E-state index in [9.17, 15) is 0 Å². The molecule has 0 fully saturated rings. The van der Waals surface area contributed by atoms with Gasteiger partial charge in [0.25, 0.3) is 0 Å². The zero-order valence-electron chi connectivity index (χ0n) is 30.7. The van der Waals surface area contributed by atoms with Gasteiger partial charge in [-0.05, 0) is 99.8 Å². The Morgan fingerprint density at radius 1 is 0.444 bits per heavy atom. The van der Waals surface area contributed by atoms with Gasteiger partial charge in [0.1, 0.15) is 0 Å². The second kappa shape index (κ2) is 14.0. The monoisotopic (exact) mass is 691 g/mol. The summed E-state index contributed by atoms with van der Waals surface area (Å²) in [5, 5.41) is 0. The molecule has 0 radical (unpaired) electrons. The van der Waals surface area contributed by atoms with Crippen LogP contribution in [0.4, 0.5) is 17.1 Å². The molecular formula is C53H41N. The van der Waals surface area contributed by atoms with Crippen LogP contribution in [0.5, 0.6) is 0 Å². The van der Waals surface area contributed by atoms with Gasteiger partial charge in [-0.1, -0.05) is 182 Å². The van der Waals surface area contributed by atoms with Gasteiger partial charge in [0.05, 0.1) is 16.8 Å². The van der Waals surface area contributed by atoms with E-state index in [1.807, 2.05) is 0 Å². The first-order chi connectivity index (χ1) is 26.7. The second-order valence-electron chi connectivity index (χ2n) is 14.0. The van der Waals surface area contributed by atoms with E-state index in [4.69, 9.17) is 0 Å². The van der Waals surface area contributed by atoms with Crippen LogP contribution >= 0.6 is 0 Å². The molecule has 0 saturated carbocycles. The average molecular weight is 692 g/mol. The lowest BCUT2D eigenvalue weighted by Gasteiger charge is -2.34. The Kier molecular flexibility index (Phi) is 8.61. The van der Waals surface area contributed by atoms with Crippen molar-refractivity contribution in [3.8, 4) is 33.4 Å². The van der Waals surface area contributed by atoms with E-state index in [1.54, 1.807) is 0 Å². The van der Waals surface area contributed by atoms with Gasteiger partial charge in [0.2, 0.25) is 0 Å². The van der Waals surface area contributed by atoms with Gasteiger partial charge < -0.3 is 4.90 Å². The molecule has 1 aliphatic rings. The van der Waals surface area contributed by atoms with Gasteiger partial charge in [-0.2, -0.15) is 0 Å². The quantitative estimate of drug-likeness (QED) is 0.153. The Labute approximate surface area is 319 Å². The van der Waals surface area contributed by atoms with Gasteiger partial charge in [-0.25, -0.2) is 0 Å². The van der Waals surface area contributed by atoms with Gasteiger partial charge >= 0.3 is 0 Å². The number of allylic oxidation sites excluding steroid dienone is 2. The van der Waals surface area contributed by atoms with Crippen molar-refractivity contribution in [1.82, 2.24) is 0 Å². The van der Waals surface area contributed by atoms with E-state index in [0.29, 0.717) is 0 Å². The highest BCUT2D eigenvalue weighted by Crippen LogP contribution is 2.59. The Morgan fingerprint density at radius 3 is 1.63 bits per heavy atom. The van der Waals surface area contributed by atoms with Gasteiger partial charge in [0, 0.05) is 16.8 Å². The van der Waals surface area contributed by atoms with Crippen LogP contribution in [0, 0.1) is 0 Å². The van der Waals surface area contributed by atoms with Crippen LogP contribution in [0.1, 0.15) is 41.7 Å². The third-order valence-electron chi connectivity index (χ3n) is 11.1. The van der Waals surface area contributed by atoms with Crippen molar-refractivity contribution in [3.05, 3.63) is 240 Å². The molecule has 0 saturated heterocycles. The standard InChI is InChI=1S/C53H41N/c1-3-38(2)39-31-34-45(35-32-39)54(50-36-33-42(40-19-8-4-9-20-40)37-47(50)41-21-10-5-11-22-41)51-30-18-29-49-52(51)46-27-16-17-28-48(46)53(49,43-23-12-6-13-24-43)44-25-14-7-15-26-44/h3-37H,1-2H3. The summed E-state index contributed by atoms with van der Waals surface area (Å²) < 4.78 is 0. The molecule has 1 nitrogen and oxygen atoms in total. The first-order valence-corrected chi connectivity index (χ1v) is 18.8. The normalized spacial score (nSPS) is 12.9. The second-order valence-corrected chi connectivity index (χ2v) is 14.0. The first kappa shape index (κ1) is 33.2. The summed E-state index contributed by atoms with van der Waals surface area (Å²) in [5.74, 6) is 0. The molecule has 0 aliphatic heterocycles. The number of rotatable bonds is 8. The molecule has 1 heteroatoms. The fourth-order valence-corrected chi connectivity index (χ4v) is 8.50. The lowest BCUT2D eigenvalue weighted by Crippen LogP contribution is -2.28. The minimum atomic E-state index is -0.498. The number of hydrogen-bond acceptors (Lipinski definition) is 1. The molecule has 0 atom stereocenters. The molecule has 1 aliphatic carbocycles. The number of anilines is 3. The van der Waals surface area contributed by atoms with Crippen LogP contribution in [0.25, 0.3) is 39.0 Å². The van der Waals surface area contributed by atoms with E-state index in [0.717, 1.165) is 17.1 Å². The van der Waals surface area contributed by atoms with E-state index in [2.05, 4.69) is 231 Å². The zero-order chi connectivity index (χ0) is 36.5. The first-order valence-electron chi connectivity index (χ1n) is 18.8. The highest BCUT2D eigenvalue weighted by Gasteiger charge is 2.47. The minimum Gasteiger partial charge on any atom is -0.309 e. The molecule has 8 aromatic rings. The van der Waals surface area contributed by atoms with Gasteiger partial charge in [-0.3, -0.25) is 0 Å². The largest absolute Gasteiger partial charge is 0.309 e. The highest BCUT2D eigenvalue weighted by atomic mass is 15.1. The highest BCUT2D eigenvalue weighted by molar-refractivity contribution is 6.00. The maximum atomic E-state index is 2.49. The van der Waals surface area contributed by atoms with Crippen molar-refractivity contribution >= 4 is 22.6 Å². The van der Waals surface area contributed by atoms with Gasteiger partial charge in [0.15, 0.2) is 0 Å².